The first-order valence-electron chi connectivity index (χ1n) is 5.59. The lowest BCUT2D eigenvalue weighted by molar-refractivity contribution is 0.0940. The number of nitrogens with zero attached hydrogens (tertiary/aromatic N) is 2. The predicted octanol–water partition coefficient (Wildman–Crippen LogP) is 0.936. The van der Waals surface area contributed by atoms with Gasteiger partial charge in [0.2, 0.25) is 5.88 Å². The van der Waals surface area contributed by atoms with Crippen molar-refractivity contribution in [3.63, 3.8) is 0 Å². The number of hydrogen-bond donors (Lipinski definition) is 2. The van der Waals surface area contributed by atoms with E-state index in [0.29, 0.717) is 16.6 Å². The van der Waals surface area contributed by atoms with Gasteiger partial charge < -0.3 is 15.2 Å². The fourth-order valence-corrected chi connectivity index (χ4v) is 2.19. The number of carbonyl (C=O) groups excluding carboxylic acids is 1. The van der Waals surface area contributed by atoms with E-state index in [2.05, 4.69) is 15.3 Å². The number of pyridine rings is 1. The summed E-state index contributed by atoms with van der Waals surface area (Å²) in [5.41, 5.74) is 1.16. The lowest BCUT2D eigenvalue weighted by Gasteiger charge is -2.00. The first-order chi connectivity index (χ1) is 9.24. The molecule has 6 nitrogen and oxygen atoms in total. The minimum atomic E-state index is -0.293. The number of carbonyl (C=O) groups is 1. The van der Waals surface area contributed by atoms with Crippen molar-refractivity contribution in [2.75, 3.05) is 20.3 Å². The molecular weight excluding hydrogens is 266 g/mol. The van der Waals surface area contributed by atoms with Gasteiger partial charge >= 0.3 is 0 Å². The van der Waals surface area contributed by atoms with E-state index < -0.39 is 0 Å². The van der Waals surface area contributed by atoms with Crippen LogP contribution in [0.15, 0.2) is 23.7 Å². The lowest BCUT2D eigenvalue weighted by atomic mass is 10.3. The van der Waals surface area contributed by atoms with Gasteiger partial charge in [0.05, 0.1) is 13.7 Å². The van der Waals surface area contributed by atoms with Gasteiger partial charge in [-0.05, 0) is 6.07 Å². The number of amides is 1. The number of thiazole rings is 1. The quantitative estimate of drug-likeness (QED) is 0.850. The van der Waals surface area contributed by atoms with Crippen molar-refractivity contribution in [1.29, 1.82) is 0 Å². The Bertz CT molecular complexity index is 554. The molecule has 0 atom stereocenters. The zero-order chi connectivity index (χ0) is 13.7. The zero-order valence-electron chi connectivity index (χ0n) is 10.3. The van der Waals surface area contributed by atoms with Gasteiger partial charge in [0.15, 0.2) is 0 Å². The first kappa shape index (κ1) is 13.4. The van der Waals surface area contributed by atoms with E-state index in [-0.39, 0.29) is 19.1 Å². The Labute approximate surface area is 114 Å². The third-order valence-electron chi connectivity index (χ3n) is 2.33. The van der Waals surface area contributed by atoms with E-state index in [9.17, 15) is 4.79 Å². The van der Waals surface area contributed by atoms with E-state index in [0.717, 1.165) is 5.56 Å². The van der Waals surface area contributed by atoms with Crippen LogP contribution in [-0.2, 0) is 0 Å². The topological polar surface area (TPSA) is 84.3 Å². The SMILES string of the molecule is COc1ccc(-c2nc(C(=O)NCCO)cs2)cn1. The Morgan fingerprint density at radius 2 is 2.37 bits per heavy atom. The van der Waals surface area contributed by atoms with Crippen LogP contribution in [0.4, 0.5) is 0 Å². The van der Waals surface area contributed by atoms with Crippen molar-refractivity contribution in [2.45, 2.75) is 0 Å². The number of aliphatic hydroxyl groups is 1. The molecule has 0 spiro atoms. The number of nitrogens with one attached hydrogen (secondary N) is 1. The highest BCUT2D eigenvalue weighted by molar-refractivity contribution is 7.13. The molecule has 2 heterocycles. The summed E-state index contributed by atoms with van der Waals surface area (Å²) in [5, 5.41) is 13.6. The summed E-state index contributed by atoms with van der Waals surface area (Å²) in [5.74, 6) is 0.235. The molecule has 2 N–H and O–H groups in total. The van der Waals surface area contributed by atoms with Crippen LogP contribution in [0.5, 0.6) is 5.88 Å². The zero-order valence-corrected chi connectivity index (χ0v) is 11.1. The molecule has 0 unspecified atom stereocenters. The largest absolute Gasteiger partial charge is 0.481 e. The van der Waals surface area contributed by atoms with Gasteiger partial charge in [-0.2, -0.15) is 0 Å². The molecule has 2 rings (SSSR count). The van der Waals surface area contributed by atoms with Crippen LogP contribution in [0, 0.1) is 0 Å². The summed E-state index contributed by atoms with van der Waals surface area (Å²) >= 11 is 1.36. The highest BCUT2D eigenvalue weighted by Crippen LogP contribution is 2.24. The molecule has 0 saturated heterocycles. The molecule has 0 aliphatic rings. The van der Waals surface area contributed by atoms with E-state index in [4.69, 9.17) is 9.84 Å². The average molecular weight is 279 g/mol. The number of rotatable bonds is 5. The molecule has 0 radical (unpaired) electrons. The molecule has 0 fully saturated rings. The highest BCUT2D eigenvalue weighted by Gasteiger charge is 2.11. The maximum atomic E-state index is 11.6. The van der Waals surface area contributed by atoms with Gasteiger partial charge in [-0.25, -0.2) is 9.97 Å². The number of hydrogen-bond acceptors (Lipinski definition) is 6. The summed E-state index contributed by atoms with van der Waals surface area (Å²) in [6.07, 6.45) is 1.65. The van der Waals surface area contributed by atoms with Crippen molar-refractivity contribution in [1.82, 2.24) is 15.3 Å². The Kier molecular flexibility index (Phi) is 4.43. The maximum absolute atomic E-state index is 11.6. The summed E-state index contributed by atoms with van der Waals surface area (Å²) in [6, 6.07) is 3.57. The molecular formula is C12H13N3O3S. The molecule has 0 bridgehead atoms. The third-order valence-corrected chi connectivity index (χ3v) is 3.22. The Hall–Kier alpha value is -1.99. The van der Waals surface area contributed by atoms with Gasteiger partial charge in [-0.1, -0.05) is 0 Å². The number of aliphatic hydroxyl groups excluding tert-OH is 1. The van der Waals surface area contributed by atoms with Crippen LogP contribution in [-0.4, -0.2) is 41.2 Å². The molecule has 0 aliphatic heterocycles. The minimum absolute atomic E-state index is 0.0921. The maximum Gasteiger partial charge on any atom is 0.270 e. The summed E-state index contributed by atoms with van der Waals surface area (Å²) in [6.45, 7) is 0.126. The highest BCUT2D eigenvalue weighted by atomic mass is 32.1. The van der Waals surface area contributed by atoms with Crippen LogP contribution < -0.4 is 10.1 Å². The van der Waals surface area contributed by atoms with E-state index in [1.165, 1.54) is 11.3 Å². The molecule has 0 saturated carbocycles. The van der Waals surface area contributed by atoms with Crippen LogP contribution in [0.3, 0.4) is 0 Å². The van der Waals surface area contributed by atoms with Crippen LogP contribution >= 0.6 is 11.3 Å². The minimum Gasteiger partial charge on any atom is -0.481 e. The predicted molar refractivity (Wildman–Crippen MR) is 71.3 cm³/mol. The average Bonchev–Trinajstić information content (AvgIpc) is 2.94. The molecule has 0 aliphatic carbocycles. The van der Waals surface area contributed by atoms with Crippen LogP contribution in [0.2, 0.25) is 0 Å². The van der Waals surface area contributed by atoms with Gasteiger partial charge in [0.1, 0.15) is 10.7 Å². The summed E-state index contributed by atoms with van der Waals surface area (Å²) < 4.78 is 4.98. The molecule has 0 aromatic carbocycles. The van der Waals surface area contributed by atoms with E-state index >= 15 is 0 Å². The van der Waals surface area contributed by atoms with Crippen LogP contribution in [0.1, 0.15) is 10.5 Å². The third kappa shape index (κ3) is 3.27. The van der Waals surface area contributed by atoms with Crippen molar-refractivity contribution >= 4 is 17.2 Å². The number of methoxy groups -OCH3 is 1. The second-order valence-electron chi connectivity index (χ2n) is 3.61. The number of ether oxygens (including phenoxy) is 1. The smallest absolute Gasteiger partial charge is 0.270 e. The van der Waals surface area contributed by atoms with E-state index in [1.54, 1.807) is 24.8 Å². The van der Waals surface area contributed by atoms with E-state index in [1.807, 2.05) is 6.07 Å². The Morgan fingerprint density at radius 1 is 1.53 bits per heavy atom. The van der Waals surface area contributed by atoms with Crippen molar-refractivity contribution < 1.29 is 14.6 Å². The molecule has 2 aromatic heterocycles. The van der Waals surface area contributed by atoms with Crippen molar-refractivity contribution in [3.05, 3.63) is 29.4 Å². The number of aromatic nitrogens is 2. The van der Waals surface area contributed by atoms with Gasteiger partial charge in [0.25, 0.3) is 5.91 Å². The Balaban J connectivity index is 2.13. The summed E-state index contributed by atoms with van der Waals surface area (Å²) in [4.78, 5) is 20.0. The van der Waals surface area contributed by atoms with Gasteiger partial charge in [0, 0.05) is 29.8 Å². The first-order valence-corrected chi connectivity index (χ1v) is 6.47. The molecule has 2 aromatic rings. The molecule has 100 valence electrons. The normalized spacial score (nSPS) is 10.2. The Morgan fingerprint density at radius 3 is 3.00 bits per heavy atom. The summed E-state index contributed by atoms with van der Waals surface area (Å²) in [7, 11) is 1.55. The standard InChI is InChI=1S/C12H13N3O3S/c1-18-10-3-2-8(6-14-10)12-15-9(7-19-12)11(17)13-4-5-16/h2-3,6-7,16H,4-5H2,1H3,(H,13,17). The van der Waals surface area contributed by atoms with Crippen molar-refractivity contribution in [2.24, 2.45) is 0 Å². The second-order valence-corrected chi connectivity index (χ2v) is 4.46. The molecule has 1 amide bonds. The van der Waals surface area contributed by atoms with Crippen LogP contribution in [0.25, 0.3) is 10.6 Å². The molecule has 7 heteroatoms. The van der Waals surface area contributed by atoms with Gasteiger partial charge in [-0.15, -0.1) is 11.3 Å². The second kappa shape index (κ2) is 6.26. The molecule has 19 heavy (non-hydrogen) atoms. The lowest BCUT2D eigenvalue weighted by Crippen LogP contribution is -2.26. The fourth-order valence-electron chi connectivity index (χ4n) is 1.40. The fraction of sp³-hybridized carbons (Fsp3) is 0.250. The van der Waals surface area contributed by atoms with Crippen molar-refractivity contribution in [3.8, 4) is 16.5 Å². The van der Waals surface area contributed by atoms with Gasteiger partial charge in [-0.3, -0.25) is 4.79 Å². The monoisotopic (exact) mass is 279 g/mol.